The van der Waals surface area contributed by atoms with Crippen molar-refractivity contribution in [3.63, 3.8) is 0 Å². The average Bonchev–Trinajstić information content (AvgIpc) is 3.26. The van der Waals surface area contributed by atoms with Crippen LogP contribution in [0.4, 0.5) is 4.39 Å². The number of sulfone groups is 1. The van der Waals surface area contributed by atoms with E-state index in [0.29, 0.717) is 0 Å². The summed E-state index contributed by atoms with van der Waals surface area (Å²) >= 11 is 1.03. The van der Waals surface area contributed by atoms with Crippen molar-refractivity contribution in [1.29, 1.82) is 0 Å². The third kappa shape index (κ3) is 3.37. The first-order valence-electron chi connectivity index (χ1n) is 6.77. The number of Topliss-reactive ketones (excluding diaryl/α,β-unsaturated/α-hetero) is 2. The van der Waals surface area contributed by atoms with Crippen LogP contribution in [-0.4, -0.2) is 40.6 Å². The molecule has 0 atom stereocenters. The van der Waals surface area contributed by atoms with Crippen molar-refractivity contribution in [3.8, 4) is 0 Å². The van der Waals surface area contributed by atoms with Crippen molar-refractivity contribution in [2.24, 2.45) is 0 Å². The molecular weight excluding hydrogens is 371 g/mol. The smallest absolute Gasteiger partial charge is 0.269 e. The molecular formula is C14H9FN4O4S2. The number of carbonyl (C=O) groups is 2. The number of aromatic amines is 1. The van der Waals surface area contributed by atoms with Gasteiger partial charge >= 0.3 is 0 Å². The number of tetrazole rings is 1. The second kappa shape index (κ2) is 6.61. The van der Waals surface area contributed by atoms with Crippen LogP contribution in [0.25, 0.3) is 0 Å². The van der Waals surface area contributed by atoms with Crippen molar-refractivity contribution in [2.45, 2.75) is 16.2 Å². The number of halogens is 1. The van der Waals surface area contributed by atoms with Crippen molar-refractivity contribution < 1.29 is 22.4 Å². The number of hydrogen-bond acceptors (Lipinski definition) is 8. The average molecular weight is 380 g/mol. The molecule has 3 aromatic rings. The first-order valence-corrected chi connectivity index (χ1v) is 9.14. The number of hydrogen-bond donors (Lipinski definition) is 1. The van der Waals surface area contributed by atoms with Crippen LogP contribution in [-0.2, 0) is 21.1 Å². The van der Waals surface area contributed by atoms with E-state index in [0.717, 1.165) is 35.6 Å². The van der Waals surface area contributed by atoms with Gasteiger partial charge in [0.05, 0.1) is 16.2 Å². The van der Waals surface area contributed by atoms with Crippen LogP contribution in [0.1, 0.15) is 15.5 Å². The predicted molar refractivity (Wildman–Crippen MR) is 83.4 cm³/mol. The zero-order valence-electron chi connectivity index (χ0n) is 12.3. The van der Waals surface area contributed by atoms with E-state index in [9.17, 15) is 22.4 Å². The second-order valence-corrected chi connectivity index (χ2v) is 7.75. The maximum Gasteiger partial charge on any atom is 0.269 e. The van der Waals surface area contributed by atoms with Gasteiger partial charge < -0.3 is 0 Å². The molecule has 1 aromatic carbocycles. The topological polar surface area (TPSA) is 123 Å². The highest BCUT2D eigenvalue weighted by molar-refractivity contribution is 7.91. The van der Waals surface area contributed by atoms with Crippen LogP contribution in [0.15, 0.2) is 45.5 Å². The van der Waals surface area contributed by atoms with Crippen LogP contribution < -0.4 is 0 Å². The second-order valence-electron chi connectivity index (χ2n) is 4.83. The summed E-state index contributed by atoms with van der Waals surface area (Å²) in [4.78, 5) is 23.9. The van der Waals surface area contributed by atoms with E-state index in [2.05, 4.69) is 20.6 Å². The van der Waals surface area contributed by atoms with Gasteiger partial charge in [0.2, 0.25) is 21.4 Å². The van der Waals surface area contributed by atoms with E-state index in [1.54, 1.807) is 0 Å². The molecule has 3 rings (SSSR count). The number of carbonyl (C=O) groups excluding carboxylic acids is 2. The Kier molecular flexibility index (Phi) is 4.51. The SMILES string of the molecule is O=C(Cc1sccc1S(=O)(=O)c1ccc(F)cc1)C(=O)c1nn[nH]n1. The predicted octanol–water partition coefficient (Wildman–Crippen LogP) is 1.23. The summed E-state index contributed by atoms with van der Waals surface area (Å²) in [7, 11) is -3.94. The fourth-order valence-electron chi connectivity index (χ4n) is 2.05. The van der Waals surface area contributed by atoms with Crippen LogP contribution in [0.3, 0.4) is 0 Å². The number of benzene rings is 1. The molecule has 0 saturated heterocycles. The van der Waals surface area contributed by atoms with Crippen LogP contribution in [0.5, 0.6) is 0 Å². The van der Waals surface area contributed by atoms with Gasteiger partial charge in [-0.15, -0.1) is 21.5 Å². The molecule has 25 heavy (non-hydrogen) atoms. The van der Waals surface area contributed by atoms with Gasteiger partial charge in [-0.25, -0.2) is 12.8 Å². The maximum atomic E-state index is 13.0. The summed E-state index contributed by atoms with van der Waals surface area (Å²) in [5.74, 6) is -2.78. The Labute approximate surface area is 144 Å². The Morgan fingerprint density at radius 2 is 1.88 bits per heavy atom. The summed E-state index contributed by atoms with van der Waals surface area (Å²) in [6.07, 6.45) is -0.416. The molecule has 2 heterocycles. The molecule has 0 bridgehead atoms. The largest absolute Gasteiger partial charge is 0.290 e. The first kappa shape index (κ1) is 17.0. The van der Waals surface area contributed by atoms with Crippen LogP contribution >= 0.6 is 11.3 Å². The number of nitrogens with zero attached hydrogens (tertiary/aromatic N) is 3. The van der Waals surface area contributed by atoms with E-state index in [1.807, 2.05) is 0 Å². The summed E-state index contributed by atoms with van der Waals surface area (Å²) in [5, 5.41) is 13.6. The lowest BCUT2D eigenvalue weighted by Gasteiger charge is -2.05. The third-order valence-electron chi connectivity index (χ3n) is 3.24. The van der Waals surface area contributed by atoms with Gasteiger partial charge in [0.15, 0.2) is 0 Å². The van der Waals surface area contributed by atoms with E-state index in [4.69, 9.17) is 0 Å². The molecule has 0 aliphatic heterocycles. The minimum atomic E-state index is -3.94. The summed E-state index contributed by atoms with van der Waals surface area (Å²) in [5.41, 5.74) is 0. The van der Waals surface area contributed by atoms with E-state index < -0.39 is 33.6 Å². The summed E-state index contributed by atoms with van der Waals surface area (Å²) in [6, 6.07) is 5.68. The fourth-order valence-corrected chi connectivity index (χ4v) is 4.74. The Morgan fingerprint density at radius 1 is 1.16 bits per heavy atom. The zero-order chi connectivity index (χ0) is 18.0. The quantitative estimate of drug-likeness (QED) is 0.387. The molecule has 8 nitrogen and oxygen atoms in total. The molecule has 128 valence electrons. The summed E-state index contributed by atoms with van der Waals surface area (Å²) < 4.78 is 38.3. The Hall–Kier alpha value is -2.79. The molecule has 0 fully saturated rings. The molecule has 0 unspecified atom stereocenters. The monoisotopic (exact) mass is 380 g/mol. The highest BCUT2D eigenvalue weighted by Crippen LogP contribution is 2.28. The first-order chi connectivity index (χ1) is 11.9. The van der Waals surface area contributed by atoms with Gasteiger partial charge in [-0.05, 0) is 40.9 Å². The van der Waals surface area contributed by atoms with E-state index in [-0.39, 0.29) is 20.5 Å². The van der Waals surface area contributed by atoms with Crippen molar-refractivity contribution in [1.82, 2.24) is 20.6 Å². The molecule has 1 N–H and O–H groups in total. The minimum Gasteiger partial charge on any atom is -0.290 e. The highest BCUT2D eigenvalue weighted by atomic mass is 32.2. The summed E-state index contributed by atoms with van der Waals surface area (Å²) in [6.45, 7) is 0. The number of nitrogens with one attached hydrogen (secondary N) is 1. The zero-order valence-corrected chi connectivity index (χ0v) is 14.0. The Bertz CT molecular complexity index is 1030. The molecule has 0 aliphatic rings. The van der Waals surface area contributed by atoms with Gasteiger partial charge in [-0.3, -0.25) is 9.59 Å². The number of thiophene rings is 1. The third-order valence-corrected chi connectivity index (χ3v) is 6.15. The van der Waals surface area contributed by atoms with E-state index >= 15 is 0 Å². The molecule has 0 amide bonds. The lowest BCUT2D eigenvalue weighted by Crippen LogP contribution is -2.18. The maximum absolute atomic E-state index is 13.0. The van der Waals surface area contributed by atoms with Crippen LogP contribution in [0, 0.1) is 5.82 Å². The minimum absolute atomic E-state index is 0.0987. The number of ketones is 2. The molecule has 11 heteroatoms. The number of aromatic nitrogens is 4. The normalized spacial score (nSPS) is 11.4. The Balaban J connectivity index is 1.89. The molecule has 0 aliphatic carbocycles. The molecule has 0 saturated carbocycles. The van der Waals surface area contributed by atoms with Gasteiger partial charge in [0.1, 0.15) is 5.82 Å². The molecule has 0 radical (unpaired) electrons. The van der Waals surface area contributed by atoms with Crippen molar-refractivity contribution in [2.75, 3.05) is 0 Å². The van der Waals surface area contributed by atoms with Crippen molar-refractivity contribution in [3.05, 3.63) is 52.2 Å². The van der Waals surface area contributed by atoms with Gasteiger partial charge in [0.25, 0.3) is 5.78 Å². The van der Waals surface area contributed by atoms with Gasteiger partial charge in [-0.1, -0.05) is 0 Å². The van der Waals surface area contributed by atoms with Crippen molar-refractivity contribution >= 4 is 32.7 Å². The van der Waals surface area contributed by atoms with E-state index in [1.165, 1.54) is 11.4 Å². The van der Waals surface area contributed by atoms with Gasteiger partial charge in [0, 0.05) is 4.88 Å². The number of rotatable bonds is 6. The highest BCUT2D eigenvalue weighted by Gasteiger charge is 2.27. The van der Waals surface area contributed by atoms with Crippen LogP contribution in [0.2, 0.25) is 0 Å². The standard InChI is InChI=1S/C14H9FN4O4S2/c15-8-1-3-9(4-2-8)25(22,23)12-5-6-24-11(12)7-10(20)13(21)14-16-18-19-17-14/h1-6H,7H2,(H,16,17,18,19). The number of H-pyrrole nitrogens is 1. The molecule has 2 aromatic heterocycles. The van der Waals surface area contributed by atoms with Gasteiger partial charge in [-0.2, -0.15) is 5.21 Å². The lowest BCUT2D eigenvalue weighted by atomic mass is 10.1. The lowest BCUT2D eigenvalue weighted by molar-refractivity contribution is -0.114. The fraction of sp³-hybridized carbons (Fsp3) is 0.0714. The molecule has 0 spiro atoms. The Morgan fingerprint density at radius 3 is 2.52 bits per heavy atom.